The fraction of sp³-hybridized carbons (Fsp3) is 0.267. The van der Waals surface area contributed by atoms with Crippen LogP contribution in [0.2, 0.25) is 0 Å². The molecule has 82 valence electrons. The molecule has 2 aliphatic rings. The Hall–Kier alpha value is -1.63. The summed E-state index contributed by atoms with van der Waals surface area (Å²) in [4.78, 5) is 11.9. The maximum Gasteiger partial charge on any atom is 0.190 e. The van der Waals surface area contributed by atoms with Gasteiger partial charge in [0.05, 0.1) is 0 Å². The predicted octanol–water partition coefficient (Wildman–Crippen LogP) is 4.01. The second kappa shape index (κ2) is 4.48. The lowest BCUT2D eigenvalue weighted by Gasteiger charge is -2.06. The van der Waals surface area contributed by atoms with Crippen molar-refractivity contribution < 1.29 is 4.79 Å². The molecule has 0 amide bonds. The molecule has 0 heterocycles. The molecule has 0 radical (unpaired) electrons. The monoisotopic (exact) mass is 212 g/mol. The molecule has 2 aliphatic carbocycles. The molecule has 0 spiro atoms. The number of hydrogen-bond donors (Lipinski definition) is 0. The smallest absolute Gasteiger partial charge is 0.190 e. The van der Waals surface area contributed by atoms with Crippen molar-refractivity contribution in [3.63, 3.8) is 0 Å². The molecule has 1 heteroatoms. The molecule has 0 saturated heterocycles. The molecular weight excluding hydrogens is 196 g/mol. The first-order valence-corrected chi connectivity index (χ1v) is 5.92. The molecule has 0 aromatic heterocycles. The second-order valence-electron chi connectivity index (χ2n) is 3.71. The molecule has 3 rings (SSSR count). The van der Waals surface area contributed by atoms with Crippen LogP contribution in [0.25, 0.3) is 5.57 Å². The van der Waals surface area contributed by atoms with Crippen molar-refractivity contribution >= 4 is 11.4 Å². The molecule has 0 N–H and O–H groups in total. The van der Waals surface area contributed by atoms with Crippen molar-refractivity contribution in [3.8, 4) is 0 Å². The quantitative estimate of drug-likeness (QED) is 0.635. The van der Waals surface area contributed by atoms with Gasteiger partial charge in [0.1, 0.15) is 0 Å². The summed E-state index contributed by atoms with van der Waals surface area (Å²) in [6.07, 6.45) is 6.13. The van der Waals surface area contributed by atoms with E-state index in [1.165, 1.54) is 0 Å². The summed E-state index contributed by atoms with van der Waals surface area (Å²) in [5, 5.41) is 0. The van der Waals surface area contributed by atoms with Crippen LogP contribution in [0.1, 0.15) is 42.6 Å². The van der Waals surface area contributed by atoms with Gasteiger partial charge in [-0.1, -0.05) is 50.3 Å². The summed E-state index contributed by atoms with van der Waals surface area (Å²) in [7, 11) is 0. The minimum atomic E-state index is 0.236. The molecule has 0 aliphatic heterocycles. The minimum absolute atomic E-state index is 0.236. The van der Waals surface area contributed by atoms with Crippen LogP contribution in [0.4, 0.5) is 0 Å². The standard InChI is InChI=1S/C13H10O.C2H6/c14-13-11-7-3-1-5-9(11)10-6-2-4-8-12(10)13;1-2/h1-3,5-7H,4,8H2;1-2H3. The number of Topliss-reactive ketones (excluding diaryl/α,β-unsaturated/α-hetero) is 1. The van der Waals surface area contributed by atoms with Gasteiger partial charge in [0.25, 0.3) is 0 Å². The topological polar surface area (TPSA) is 17.1 Å². The predicted molar refractivity (Wildman–Crippen MR) is 67.4 cm³/mol. The van der Waals surface area contributed by atoms with Crippen molar-refractivity contribution in [1.29, 1.82) is 0 Å². The van der Waals surface area contributed by atoms with Gasteiger partial charge >= 0.3 is 0 Å². The van der Waals surface area contributed by atoms with Crippen LogP contribution in [-0.4, -0.2) is 5.78 Å². The van der Waals surface area contributed by atoms with Gasteiger partial charge < -0.3 is 0 Å². The Morgan fingerprint density at radius 3 is 2.50 bits per heavy atom. The highest BCUT2D eigenvalue weighted by atomic mass is 16.1. The number of ketones is 1. The number of hydrogen-bond acceptors (Lipinski definition) is 1. The summed E-state index contributed by atoms with van der Waals surface area (Å²) in [5.74, 6) is 0.236. The number of allylic oxidation sites excluding steroid dienone is 4. The molecule has 0 unspecified atom stereocenters. The van der Waals surface area contributed by atoms with Crippen molar-refractivity contribution in [3.05, 3.63) is 53.1 Å². The van der Waals surface area contributed by atoms with Crippen LogP contribution in [0.3, 0.4) is 0 Å². The second-order valence-corrected chi connectivity index (χ2v) is 3.71. The summed E-state index contributed by atoms with van der Waals surface area (Å²) >= 11 is 0. The zero-order valence-corrected chi connectivity index (χ0v) is 9.79. The maximum atomic E-state index is 11.9. The lowest BCUT2D eigenvalue weighted by atomic mass is 9.98. The van der Waals surface area contributed by atoms with Gasteiger partial charge in [-0.2, -0.15) is 0 Å². The highest BCUT2D eigenvalue weighted by Gasteiger charge is 2.28. The Labute approximate surface area is 96.5 Å². The number of fused-ring (bicyclic) bond motifs is 2. The van der Waals surface area contributed by atoms with E-state index < -0.39 is 0 Å². The van der Waals surface area contributed by atoms with Crippen molar-refractivity contribution in [2.24, 2.45) is 0 Å². The first-order chi connectivity index (χ1) is 7.88. The van der Waals surface area contributed by atoms with E-state index in [0.717, 1.165) is 35.1 Å². The van der Waals surface area contributed by atoms with Crippen LogP contribution in [0, 0.1) is 0 Å². The molecule has 1 nitrogen and oxygen atoms in total. The number of benzene rings is 1. The largest absolute Gasteiger partial charge is 0.289 e. The van der Waals surface area contributed by atoms with Gasteiger partial charge in [0, 0.05) is 11.1 Å². The Kier molecular flexibility index (Phi) is 3.04. The fourth-order valence-electron chi connectivity index (χ4n) is 2.23. The van der Waals surface area contributed by atoms with Crippen LogP contribution < -0.4 is 0 Å². The summed E-state index contributed by atoms with van der Waals surface area (Å²) in [6.45, 7) is 4.00. The van der Waals surface area contributed by atoms with E-state index in [4.69, 9.17) is 0 Å². The minimum Gasteiger partial charge on any atom is -0.289 e. The normalized spacial score (nSPS) is 16.5. The maximum absolute atomic E-state index is 11.9. The SMILES string of the molecule is CC.O=C1C2=C(C=CCC2)c2ccccc21. The van der Waals surface area contributed by atoms with Gasteiger partial charge in [-0.15, -0.1) is 0 Å². The summed E-state index contributed by atoms with van der Waals surface area (Å²) in [6, 6.07) is 7.87. The molecule has 0 atom stereocenters. The average molecular weight is 212 g/mol. The number of rotatable bonds is 0. The van der Waals surface area contributed by atoms with Gasteiger partial charge in [-0.05, 0) is 24.0 Å². The van der Waals surface area contributed by atoms with Gasteiger partial charge in [-0.3, -0.25) is 4.79 Å². The van der Waals surface area contributed by atoms with Crippen molar-refractivity contribution in [1.82, 2.24) is 0 Å². The Morgan fingerprint density at radius 1 is 1.06 bits per heavy atom. The highest BCUT2D eigenvalue weighted by molar-refractivity contribution is 6.22. The Balaban J connectivity index is 0.000000457. The first-order valence-electron chi connectivity index (χ1n) is 5.92. The summed E-state index contributed by atoms with van der Waals surface area (Å²) < 4.78 is 0. The molecule has 1 aromatic rings. The third-order valence-electron chi connectivity index (χ3n) is 2.91. The first kappa shape index (κ1) is 10.9. The van der Waals surface area contributed by atoms with Gasteiger partial charge in [0.2, 0.25) is 0 Å². The molecule has 1 aromatic carbocycles. The zero-order chi connectivity index (χ0) is 11.5. The van der Waals surface area contributed by atoms with Crippen LogP contribution in [-0.2, 0) is 0 Å². The summed E-state index contributed by atoms with van der Waals surface area (Å²) in [5.41, 5.74) is 4.15. The molecule has 0 bridgehead atoms. The fourth-order valence-corrected chi connectivity index (χ4v) is 2.23. The average Bonchev–Trinajstić information content (AvgIpc) is 2.67. The van der Waals surface area contributed by atoms with E-state index in [1.807, 2.05) is 38.1 Å². The van der Waals surface area contributed by atoms with E-state index in [2.05, 4.69) is 12.2 Å². The van der Waals surface area contributed by atoms with Crippen molar-refractivity contribution in [2.45, 2.75) is 26.7 Å². The van der Waals surface area contributed by atoms with Crippen LogP contribution >= 0.6 is 0 Å². The van der Waals surface area contributed by atoms with E-state index >= 15 is 0 Å². The highest BCUT2D eigenvalue weighted by Crippen LogP contribution is 2.37. The van der Waals surface area contributed by atoms with Crippen LogP contribution in [0.15, 0.2) is 42.0 Å². The zero-order valence-electron chi connectivity index (χ0n) is 9.79. The molecular formula is C15H16O. The number of carbonyl (C=O) groups is 1. The third-order valence-corrected chi connectivity index (χ3v) is 2.91. The lowest BCUT2D eigenvalue weighted by Crippen LogP contribution is -1.99. The van der Waals surface area contributed by atoms with Crippen molar-refractivity contribution in [2.75, 3.05) is 0 Å². The van der Waals surface area contributed by atoms with E-state index in [9.17, 15) is 4.79 Å². The molecule has 16 heavy (non-hydrogen) atoms. The number of carbonyl (C=O) groups excluding carboxylic acids is 1. The van der Waals surface area contributed by atoms with Gasteiger partial charge in [0.15, 0.2) is 5.78 Å². The molecule has 0 saturated carbocycles. The van der Waals surface area contributed by atoms with E-state index in [1.54, 1.807) is 0 Å². The Morgan fingerprint density at radius 2 is 1.75 bits per heavy atom. The van der Waals surface area contributed by atoms with E-state index in [-0.39, 0.29) is 5.78 Å². The molecule has 0 fully saturated rings. The third kappa shape index (κ3) is 1.53. The van der Waals surface area contributed by atoms with E-state index in [0.29, 0.717) is 0 Å². The van der Waals surface area contributed by atoms with Gasteiger partial charge in [-0.25, -0.2) is 0 Å². The van der Waals surface area contributed by atoms with Crippen LogP contribution in [0.5, 0.6) is 0 Å². The Bertz CT molecular complexity index is 478. The lowest BCUT2D eigenvalue weighted by molar-refractivity contribution is 0.103.